The van der Waals surface area contributed by atoms with E-state index in [0.717, 1.165) is 100 Å². The zero-order valence-electron chi connectivity index (χ0n) is 50.1. The molecule has 0 N–H and O–H groups in total. The summed E-state index contributed by atoms with van der Waals surface area (Å²) in [6.07, 6.45) is 0. The van der Waals surface area contributed by atoms with Crippen LogP contribution in [0.1, 0.15) is 22.3 Å². The predicted octanol–water partition coefficient (Wildman–Crippen LogP) is 20.5. The van der Waals surface area contributed by atoms with Crippen LogP contribution < -0.4 is 0 Å². The van der Waals surface area contributed by atoms with Gasteiger partial charge in [0.2, 0.25) is 0 Å². The number of hydrogen-bond donors (Lipinski definition) is 0. The number of rotatable bonds is 11. The third-order valence-corrected chi connectivity index (χ3v) is 17.2. The quantitative estimate of drug-likeness (QED) is 0.128. The number of aromatic nitrogens is 8. The first kappa shape index (κ1) is 53.7. The number of hydrogen-bond acceptors (Lipinski definition) is 6. The van der Waals surface area contributed by atoms with E-state index in [2.05, 4.69) is 243 Å². The maximum Gasteiger partial charge on any atom is 0.164 e. The Hall–Kier alpha value is -11.7. The first-order chi connectivity index (χ1) is 44.2. The van der Waals surface area contributed by atoms with Gasteiger partial charge in [0.25, 0.3) is 0 Å². The Labute approximate surface area is 521 Å². The molecule has 0 unspecified atom stereocenters. The lowest BCUT2D eigenvalue weighted by Gasteiger charge is -2.19. The molecule has 0 saturated carbocycles. The fourth-order valence-corrected chi connectivity index (χ4v) is 12.9. The molecule has 0 bridgehead atoms. The van der Waals surface area contributed by atoms with E-state index in [-0.39, 0.29) is 0 Å². The maximum absolute atomic E-state index is 5.35. The van der Waals surface area contributed by atoms with Crippen LogP contribution in [0.5, 0.6) is 0 Å². The SMILES string of the molecule is Cc1ccc2c(c1)c1cc(C)ccc1n2-c1cc(-c2nc(-c3ccccc3)nc(-c3ccccc3)n2)cc(-c2ccccc2-c2ccccc2-c2cc(-c3nc(-c4ccccc4)nc(-c4ccccc4)n3)cc(-n3c4ccc(C)cc4c4cc(C)ccc43)c2)c1. The minimum atomic E-state index is 0.569. The maximum atomic E-state index is 5.35. The molecule has 0 amide bonds. The summed E-state index contributed by atoms with van der Waals surface area (Å²) in [5.41, 5.74) is 22.8. The van der Waals surface area contributed by atoms with Crippen molar-refractivity contribution in [3.8, 4) is 113 Å². The van der Waals surface area contributed by atoms with Gasteiger partial charge in [-0.3, -0.25) is 0 Å². The number of aryl methyl sites for hydroxylation is 4. The molecular weight excluding hydrogens is 1100 g/mol. The zero-order valence-corrected chi connectivity index (χ0v) is 50.1. The van der Waals surface area contributed by atoms with Crippen molar-refractivity contribution in [1.82, 2.24) is 39.0 Å². The van der Waals surface area contributed by atoms with Crippen molar-refractivity contribution in [2.24, 2.45) is 0 Å². The molecule has 16 aromatic rings. The molecule has 0 atom stereocenters. The second-order valence-electron chi connectivity index (χ2n) is 23.5. The van der Waals surface area contributed by atoms with Crippen molar-refractivity contribution >= 4 is 43.6 Å². The average molecular weight is 1160 g/mol. The van der Waals surface area contributed by atoms with Gasteiger partial charge in [0.1, 0.15) is 0 Å². The molecule has 0 saturated heterocycles. The lowest BCUT2D eigenvalue weighted by atomic mass is 9.88. The number of nitrogens with zero attached hydrogens (tertiary/aromatic N) is 8. The normalized spacial score (nSPS) is 11.6. The van der Waals surface area contributed by atoms with E-state index in [1.807, 2.05) is 72.8 Å². The van der Waals surface area contributed by atoms with Crippen LogP contribution in [-0.4, -0.2) is 39.0 Å². The molecular formula is C82H58N8. The summed E-state index contributed by atoms with van der Waals surface area (Å²) in [7, 11) is 0. The fraction of sp³-hybridized carbons (Fsp3) is 0.0488. The van der Waals surface area contributed by atoms with Crippen molar-refractivity contribution in [1.29, 1.82) is 0 Å². The second kappa shape index (κ2) is 22.2. The Kier molecular flexibility index (Phi) is 13.2. The van der Waals surface area contributed by atoms with E-state index in [4.69, 9.17) is 29.9 Å². The van der Waals surface area contributed by atoms with Gasteiger partial charge in [0.15, 0.2) is 34.9 Å². The molecule has 0 spiro atoms. The Morgan fingerprint density at radius 1 is 0.200 bits per heavy atom. The van der Waals surface area contributed by atoms with E-state index in [9.17, 15) is 0 Å². The topological polar surface area (TPSA) is 87.2 Å². The molecule has 4 aromatic heterocycles. The molecule has 0 aliphatic carbocycles. The van der Waals surface area contributed by atoms with Gasteiger partial charge in [-0.2, -0.15) is 0 Å². The summed E-state index contributed by atoms with van der Waals surface area (Å²) in [5, 5.41) is 4.80. The van der Waals surface area contributed by atoms with Gasteiger partial charge in [-0.05, 0) is 146 Å². The third kappa shape index (κ3) is 9.77. The molecule has 426 valence electrons. The summed E-state index contributed by atoms with van der Waals surface area (Å²) in [6.45, 7) is 8.67. The summed E-state index contributed by atoms with van der Waals surface area (Å²) in [4.78, 5) is 31.6. The van der Waals surface area contributed by atoms with E-state index >= 15 is 0 Å². The monoisotopic (exact) mass is 1150 g/mol. The van der Waals surface area contributed by atoms with E-state index < -0.39 is 0 Å². The van der Waals surface area contributed by atoms with Crippen LogP contribution in [0.15, 0.2) is 279 Å². The third-order valence-electron chi connectivity index (χ3n) is 17.2. The highest BCUT2D eigenvalue weighted by atomic mass is 15.1. The minimum Gasteiger partial charge on any atom is -0.309 e. The minimum absolute atomic E-state index is 0.569. The Bertz CT molecular complexity index is 4880. The van der Waals surface area contributed by atoms with Crippen LogP contribution in [0.2, 0.25) is 0 Å². The highest BCUT2D eigenvalue weighted by Gasteiger charge is 2.23. The predicted molar refractivity (Wildman–Crippen MR) is 370 cm³/mol. The highest BCUT2D eigenvalue weighted by molar-refractivity contribution is 6.11. The molecule has 8 heteroatoms. The molecule has 0 aliphatic rings. The van der Waals surface area contributed by atoms with Crippen molar-refractivity contribution in [3.05, 3.63) is 301 Å². The van der Waals surface area contributed by atoms with Crippen molar-refractivity contribution in [2.45, 2.75) is 27.7 Å². The lowest BCUT2D eigenvalue weighted by molar-refractivity contribution is 1.07. The van der Waals surface area contributed by atoms with Crippen LogP contribution in [0.3, 0.4) is 0 Å². The van der Waals surface area contributed by atoms with Gasteiger partial charge < -0.3 is 9.13 Å². The van der Waals surface area contributed by atoms with Gasteiger partial charge in [0, 0.05) is 66.3 Å². The molecule has 16 rings (SSSR count). The highest BCUT2D eigenvalue weighted by Crippen LogP contribution is 2.44. The standard InChI is InChI=1S/C82H58N8/c1-51-33-37-73-69(41-51)70-42-52(2)34-38-74(70)89(73)63-47-59(45-61(49-63)81-85-77(55-21-9-5-10-22-55)83-78(86-81)56-23-11-6-12-24-56)65-29-17-19-31-67(65)68-32-20-18-30-66(68)60-46-62(82-87-79(57-25-13-7-14-26-57)84-80(88-82)58-27-15-8-16-28-58)50-64(48-60)90-75-39-35-53(3)43-71(75)72-44-54(4)36-40-76(72)90/h5-50H,1-4H3. The Morgan fingerprint density at radius 2 is 0.433 bits per heavy atom. The van der Waals surface area contributed by atoms with Crippen LogP contribution in [0.25, 0.3) is 157 Å². The molecule has 0 aliphatic heterocycles. The summed E-state index contributed by atoms with van der Waals surface area (Å²) in [6, 6.07) is 99.1. The molecule has 0 radical (unpaired) electrons. The van der Waals surface area contributed by atoms with Crippen molar-refractivity contribution < 1.29 is 0 Å². The Morgan fingerprint density at radius 3 is 0.711 bits per heavy atom. The van der Waals surface area contributed by atoms with Crippen LogP contribution in [0.4, 0.5) is 0 Å². The summed E-state index contributed by atoms with van der Waals surface area (Å²) < 4.78 is 4.81. The van der Waals surface area contributed by atoms with Crippen molar-refractivity contribution in [2.75, 3.05) is 0 Å². The van der Waals surface area contributed by atoms with Crippen molar-refractivity contribution in [3.63, 3.8) is 0 Å². The van der Waals surface area contributed by atoms with Gasteiger partial charge in [-0.1, -0.05) is 216 Å². The molecule has 90 heavy (non-hydrogen) atoms. The van der Waals surface area contributed by atoms with E-state index in [0.29, 0.717) is 34.9 Å². The van der Waals surface area contributed by atoms with Gasteiger partial charge in [-0.15, -0.1) is 0 Å². The summed E-state index contributed by atoms with van der Waals surface area (Å²) in [5.74, 6) is 3.53. The van der Waals surface area contributed by atoms with E-state index in [1.54, 1.807) is 0 Å². The first-order valence-corrected chi connectivity index (χ1v) is 30.5. The smallest absolute Gasteiger partial charge is 0.164 e. The fourth-order valence-electron chi connectivity index (χ4n) is 12.9. The summed E-state index contributed by atoms with van der Waals surface area (Å²) >= 11 is 0. The molecule has 12 aromatic carbocycles. The molecule has 0 fully saturated rings. The Balaban J connectivity index is 0.943. The molecule has 4 heterocycles. The van der Waals surface area contributed by atoms with Crippen LogP contribution in [-0.2, 0) is 0 Å². The second-order valence-corrected chi connectivity index (χ2v) is 23.5. The average Bonchev–Trinajstić information content (AvgIpc) is 1.64. The van der Waals surface area contributed by atoms with Gasteiger partial charge in [-0.25, -0.2) is 29.9 Å². The largest absolute Gasteiger partial charge is 0.309 e. The lowest BCUT2D eigenvalue weighted by Crippen LogP contribution is -2.02. The van der Waals surface area contributed by atoms with E-state index in [1.165, 1.54) is 43.8 Å². The van der Waals surface area contributed by atoms with Crippen LogP contribution >= 0.6 is 0 Å². The van der Waals surface area contributed by atoms with Gasteiger partial charge in [0.05, 0.1) is 22.1 Å². The first-order valence-electron chi connectivity index (χ1n) is 30.5. The number of benzene rings is 12. The van der Waals surface area contributed by atoms with Gasteiger partial charge >= 0.3 is 0 Å². The molecule has 8 nitrogen and oxygen atoms in total. The number of fused-ring (bicyclic) bond motifs is 6. The zero-order chi connectivity index (χ0) is 60.4. The van der Waals surface area contributed by atoms with Crippen LogP contribution in [0, 0.1) is 27.7 Å².